The SMILES string of the molecule is Cc1ccc(=O)[nH]c1C(=O)N(C)c1ccc(F)c(C)n1. The summed E-state index contributed by atoms with van der Waals surface area (Å²) in [6.07, 6.45) is 0. The molecule has 2 aromatic rings. The molecule has 0 unspecified atom stereocenters. The van der Waals surface area contributed by atoms with Crippen molar-refractivity contribution in [3.63, 3.8) is 0 Å². The van der Waals surface area contributed by atoms with Gasteiger partial charge in [0.1, 0.15) is 17.3 Å². The van der Waals surface area contributed by atoms with E-state index in [1.54, 1.807) is 13.0 Å². The second-order valence-electron chi connectivity index (χ2n) is 4.48. The van der Waals surface area contributed by atoms with Gasteiger partial charge in [-0.05, 0) is 31.5 Å². The molecule has 20 heavy (non-hydrogen) atoms. The molecule has 104 valence electrons. The van der Waals surface area contributed by atoms with Gasteiger partial charge in [0.15, 0.2) is 0 Å². The third kappa shape index (κ3) is 2.59. The number of carbonyl (C=O) groups excluding carboxylic acids is 1. The third-order valence-electron chi connectivity index (χ3n) is 3.00. The monoisotopic (exact) mass is 275 g/mol. The minimum atomic E-state index is -0.432. The maximum Gasteiger partial charge on any atom is 0.275 e. The number of halogens is 1. The first-order valence-electron chi connectivity index (χ1n) is 6.01. The zero-order valence-electron chi connectivity index (χ0n) is 11.4. The van der Waals surface area contributed by atoms with Crippen LogP contribution in [0.4, 0.5) is 10.2 Å². The van der Waals surface area contributed by atoms with E-state index in [1.165, 1.54) is 37.1 Å². The molecule has 0 aliphatic heterocycles. The van der Waals surface area contributed by atoms with Crippen molar-refractivity contribution in [1.82, 2.24) is 9.97 Å². The number of aromatic amines is 1. The molecule has 2 rings (SSSR count). The standard InChI is InChI=1S/C14H14FN3O2/c1-8-4-7-12(19)17-13(8)14(20)18(3)11-6-5-10(15)9(2)16-11/h4-7H,1-3H3,(H,17,19). The van der Waals surface area contributed by atoms with Crippen molar-refractivity contribution >= 4 is 11.7 Å². The lowest BCUT2D eigenvalue weighted by atomic mass is 10.2. The Hall–Kier alpha value is -2.50. The maximum absolute atomic E-state index is 13.2. The summed E-state index contributed by atoms with van der Waals surface area (Å²) in [4.78, 5) is 31.4. The van der Waals surface area contributed by atoms with Gasteiger partial charge in [-0.2, -0.15) is 0 Å². The first kappa shape index (κ1) is 13.9. The number of nitrogens with zero attached hydrogens (tertiary/aromatic N) is 2. The Bertz CT molecular complexity index is 725. The summed E-state index contributed by atoms with van der Waals surface area (Å²) in [6, 6.07) is 5.59. The normalized spacial score (nSPS) is 10.4. The molecule has 0 aromatic carbocycles. The van der Waals surface area contributed by atoms with Gasteiger partial charge in [0.25, 0.3) is 5.91 Å². The quantitative estimate of drug-likeness (QED) is 0.908. The largest absolute Gasteiger partial charge is 0.318 e. The molecule has 2 aromatic heterocycles. The van der Waals surface area contributed by atoms with Gasteiger partial charge >= 0.3 is 0 Å². The minimum Gasteiger partial charge on any atom is -0.318 e. The zero-order chi connectivity index (χ0) is 14.9. The van der Waals surface area contributed by atoms with Gasteiger partial charge in [0.05, 0.1) is 5.69 Å². The van der Waals surface area contributed by atoms with Crippen LogP contribution in [-0.4, -0.2) is 22.9 Å². The second kappa shape index (κ2) is 5.24. The van der Waals surface area contributed by atoms with Crippen molar-refractivity contribution in [3.8, 4) is 0 Å². The smallest absolute Gasteiger partial charge is 0.275 e. The number of pyridine rings is 2. The van der Waals surface area contributed by atoms with Gasteiger partial charge < -0.3 is 4.98 Å². The summed E-state index contributed by atoms with van der Waals surface area (Å²) >= 11 is 0. The Balaban J connectivity index is 2.39. The molecule has 0 spiro atoms. The highest BCUT2D eigenvalue weighted by atomic mass is 19.1. The Morgan fingerprint density at radius 2 is 1.95 bits per heavy atom. The molecule has 0 fully saturated rings. The number of hydrogen-bond donors (Lipinski definition) is 1. The number of aryl methyl sites for hydroxylation is 2. The molecule has 1 N–H and O–H groups in total. The number of aromatic nitrogens is 2. The molecular weight excluding hydrogens is 261 g/mol. The van der Waals surface area contributed by atoms with E-state index in [1.807, 2.05) is 0 Å². The van der Waals surface area contributed by atoms with Crippen molar-refractivity contribution in [2.45, 2.75) is 13.8 Å². The highest BCUT2D eigenvalue weighted by molar-refractivity contribution is 6.04. The molecule has 0 bridgehead atoms. The lowest BCUT2D eigenvalue weighted by molar-refractivity contribution is 0.0986. The van der Waals surface area contributed by atoms with Crippen LogP contribution in [0.2, 0.25) is 0 Å². The van der Waals surface area contributed by atoms with Crippen molar-refractivity contribution in [2.75, 3.05) is 11.9 Å². The molecule has 1 amide bonds. The highest BCUT2D eigenvalue weighted by Gasteiger charge is 2.18. The average molecular weight is 275 g/mol. The summed E-state index contributed by atoms with van der Waals surface area (Å²) in [6.45, 7) is 3.24. The van der Waals surface area contributed by atoms with E-state index < -0.39 is 11.7 Å². The van der Waals surface area contributed by atoms with Crippen LogP contribution in [-0.2, 0) is 0 Å². The van der Waals surface area contributed by atoms with Crippen LogP contribution >= 0.6 is 0 Å². The summed E-state index contributed by atoms with van der Waals surface area (Å²) in [7, 11) is 1.52. The van der Waals surface area contributed by atoms with E-state index in [0.29, 0.717) is 11.4 Å². The summed E-state index contributed by atoms with van der Waals surface area (Å²) in [5.41, 5.74) is 0.708. The van der Waals surface area contributed by atoms with Gasteiger partial charge in [0.2, 0.25) is 5.56 Å². The highest BCUT2D eigenvalue weighted by Crippen LogP contribution is 2.15. The van der Waals surface area contributed by atoms with E-state index in [2.05, 4.69) is 9.97 Å². The molecule has 0 radical (unpaired) electrons. The first-order chi connectivity index (χ1) is 9.40. The minimum absolute atomic E-state index is 0.198. The number of anilines is 1. The first-order valence-corrected chi connectivity index (χ1v) is 6.01. The van der Waals surface area contributed by atoms with Crippen LogP contribution in [0.3, 0.4) is 0 Å². The molecule has 0 saturated carbocycles. The second-order valence-corrected chi connectivity index (χ2v) is 4.48. The number of amides is 1. The van der Waals surface area contributed by atoms with Crippen LogP contribution in [0.15, 0.2) is 29.1 Å². The summed E-state index contributed by atoms with van der Waals surface area (Å²) in [5, 5.41) is 0. The fraction of sp³-hybridized carbons (Fsp3) is 0.214. The molecule has 0 saturated heterocycles. The molecule has 0 aliphatic carbocycles. The number of rotatable bonds is 2. The number of H-pyrrole nitrogens is 1. The molecule has 2 heterocycles. The Kier molecular flexibility index (Phi) is 3.65. The van der Waals surface area contributed by atoms with Gasteiger partial charge in [0, 0.05) is 13.1 Å². The Labute approximate surface area is 115 Å². The third-order valence-corrected chi connectivity index (χ3v) is 3.00. The summed E-state index contributed by atoms with van der Waals surface area (Å²) in [5.74, 6) is -0.518. The topological polar surface area (TPSA) is 66.1 Å². The van der Waals surface area contributed by atoms with Gasteiger partial charge in [-0.15, -0.1) is 0 Å². The van der Waals surface area contributed by atoms with Gasteiger partial charge in [-0.25, -0.2) is 9.37 Å². The van der Waals surface area contributed by atoms with Crippen molar-refractivity contribution in [3.05, 3.63) is 57.4 Å². The van der Waals surface area contributed by atoms with E-state index >= 15 is 0 Å². The van der Waals surface area contributed by atoms with Crippen LogP contribution in [0.1, 0.15) is 21.7 Å². The predicted molar refractivity (Wildman–Crippen MR) is 73.5 cm³/mol. The van der Waals surface area contributed by atoms with Gasteiger partial charge in [-0.3, -0.25) is 14.5 Å². The fourth-order valence-electron chi connectivity index (χ4n) is 1.76. The number of hydrogen-bond acceptors (Lipinski definition) is 3. The van der Waals surface area contributed by atoms with Crippen molar-refractivity contribution < 1.29 is 9.18 Å². The zero-order valence-corrected chi connectivity index (χ0v) is 11.4. The molecule has 5 nitrogen and oxygen atoms in total. The lowest BCUT2D eigenvalue weighted by Gasteiger charge is -2.17. The van der Waals surface area contributed by atoms with Crippen LogP contribution in [0, 0.1) is 19.7 Å². The summed E-state index contributed by atoms with van der Waals surface area (Å²) < 4.78 is 13.2. The molecule has 6 heteroatoms. The van der Waals surface area contributed by atoms with E-state index in [0.717, 1.165) is 0 Å². The molecule has 0 aliphatic rings. The van der Waals surface area contributed by atoms with Crippen LogP contribution < -0.4 is 10.5 Å². The average Bonchev–Trinajstić information content (AvgIpc) is 2.43. The van der Waals surface area contributed by atoms with Crippen molar-refractivity contribution in [1.29, 1.82) is 0 Å². The van der Waals surface area contributed by atoms with E-state index in [9.17, 15) is 14.0 Å². The Morgan fingerprint density at radius 1 is 1.25 bits per heavy atom. The van der Waals surface area contributed by atoms with E-state index in [-0.39, 0.29) is 16.9 Å². The number of nitrogens with one attached hydrogen (secondary N) is 1. The van der Waals surface area contributed by atoms with Gasteiger partial charge in [-0.1, -0.05) is 6.07 Å². The Morgan fingerprint density at radius 3 is 2.60 bits per heavy atom. The van der Waals surface area contributed by atoms with Crippen LogP contribution in [0.5, 0.6) is 0 Å². The van der Waals surface area contributed by atoms with Crippen molar-refractivity contribution in [2.24, 2.45) is 0 Å². The van der Waals surface area contributed by atoms with E-state index in [4.69, 9.17) is 0 Å². The van der Waals surface area contributed by atoms with Crippen LogP contribution in [0.25, 0.3) is 0 Å². The molecular formula is C14H14FN3O2. The predicted octanol–water partition coefficient (Wildman–Crippen LogP) is 1.80. The fourth-order valence-corrected chi connectivity index (χ4v) is 1.76. The molecule has 0 atom stereocenters. The maximum atomic E-state index is 13.2. The number of carbonyl (C=O) groups is 1. The lowest BCUT2D eigenvalue weighted by Crippen LogP contribution is -2.30.